The molecule has 0 radical (unpaired) electrons. The first-order valence-electron chi connectivity index (χ1n) is 7.44. The lowest BCUT2D eigenvalue weighted by molar-refractivity contribution is -0.170. The average Bonchev–Trinajstić information content (AvgIpc) is 2.53. The predicted octanol–water partition coefficient (Wildman–Crippen LogP) is 2.11. The largest absolute Gasteiger partial charge is 0.379 e. The molecule has 2 fully saturated rings. The highest BCUT2D eigenvalue weighted by atomic mass is 16.5. The maximum Gasteiger partial charge on any atom is 0.233 e. The molecule has 0 spiro atoms. The van der Waals surface area contributed by atoms with Gasteiger partial charge in [0.25, 0.3) is 0 Å². The number of rotatable bonds is 2. The smallest absolute Gasteiger partial charge is 0.233 e. The Balaban J connectivity index is 1.72. The van der Waals surface area contributed by atoms with Crippen LogP contribution in [-0.4, -0.2) is 37.1 Å². The summed E-state index contributed by atoms with van der Waals surface area (Å²) in [5.41, 5.74) is 0.270. The molecule has 2 heterocycles. The molecular weight excluding hydrogens is 264 g/mol. The molecule has 0 unspecified atom stereocenters. The first-order chi connectivity index (χ1) is 10.1. The van der Waals surface area contributed by atoms with Crippen LogP contribution < -0.4 is 0 Å². The summed E-state index contributed by atoms with van der Waals surface area (Å²) in [6.45, 7) is 4.30. The first-order valence-corrected chi connectivity index (χ1v) is 7.44. The van der Waals surface area contributed by atoms with E-state index in [1.165, 1.54) is 0 Å². The van der Waals surface area contributed by atoms with Crippen LogP contribution in [0.2, 0.25) is 0 Å². The van der Waals surface area contributed by atoms with Gasteiger partial charge in [-0.1, -0.05) is 30.3 Å². The third kappa shape index (κ3) is 2.32. The number of nitrogens with zero attached hydrogens (tertiary/aromatic N) is 2. The Morgan fingerprint density at radius 3 is 2.33 bits per heavy atom. The van der Waals surface area contributed by atoms with Gasteiger partial charge in [-0.2, -0.15) is 5.26 Å². The van der Waals surface area contributed by atoms with Gasteiger partial charge in [0.1, 0.15) is 0 Å². The van der Waals surface area contributed by atoms with Gasteiger partial charge in [-0.15, -0.1) is 0 Å². The number of amides is 1. The van der Waals surface area contributed by atoms with E-state index < -0.39 is 5.41 Å². The number of carbonyl (C=O) groups is 1. The molecule has 2 aliphatic rings. The molecule has 110 valence electrons. The minimum absolute atomic E-state index is 0.174. The standard InChI is InChI=1S/C17H20N2O2/c1-16(12-21-13-16)15(20)19-9-7-17(11-18,8-10-19)14-5-3-2-4-6-14/h2-6H,7-10,12-13H2,1H3. The second-order valence-electron chi connectivity index (χ2n) is 6.41. The molecule has 0 saturated carbocycles. The lowest BCUT2D eigenvalue weighted by atomic mass is 9.73. The fourth-order valence-corrected chi connectivity index (χ4v) is 3.23. The monoisotopic (exact) mass is 284 g/mol. The first kappa shape index (κ1) is 14.1. The van der Waals surface area contributed by atoms with E-state index in [0.29, 0.717) is 39.1 Å². The van der Waals surface area contributed by atoms with Crippen LogP contribution in [0, 0.1) is 16.7 Å². The number of hydrogen-bond donors (Lipinski definition) is 0. The fraction of sp³-hybridized carbons (Fsp3) is 0.529. The van der Waals surface area contributed by atoms with Gasteiger partial charge in [-0.25, -0.2) is 0 Å². The van der Waals surface area contributed by atoms with Crippen LogP contribution >= 0.6 is 0 Å². The summed E-state index contributed by atoms with van der Waals surface area (Å²) in [7, 11) is 0. The van der Waals surface area contributed by atoms with E-state index in [4.69, 9.17) is 4.74 Å². The second-order valence-corrected chi connectivity index (χ2v) is 6.41. The van der Waals surface area contributed by atoms with Crippen LogP contribution in [0.1, 0.15) is 25.3 Å². The third-order valence-corrected chi connectivity index (χ3v) is 4.80. The molecule has 0 atom stereocenters. The van der Waals surface area contributed by atoms with E-state index in [9.17, 15) is 10.1 Å². The zero-order valence-corrected chi connectivity index (χ0v) is 12.3. The molecule has 1 aromatic carbocycles. The normalized spacial score (nSPS) is 23.0. The number of piperidine rings is 1. The van der Waals surface area contributed by atoms with Gasteiger partial charge >= 0.3 is 0 Å². The van der Waals surface area contributed by atoms with Gasteiger partial charge in [-0.05, 0) is 25.3 Å². The van der Waals surface area contributed by atoms with Crippen molar-refractivity contribution in [3.8, 4) is 6.07 Å². The Morgan fingerprint density at radius 2 is 1.86 bits per heavy atom. The van der Waals surface area contributed by atoms with E-state index in [1.54, 1.807) is 0 Å². The summed E-state index contributed by atoms with van der Waals surface area (Å²) in [6.07, 6.45) is 1.41. The summed E-state index contributed by atoms with van der Waals surface area (Å²) in [5.74, 6) is 0.174. The van der Waals surface area contributed by atoms with E-state index in [0.717, 1.165) is 5.56 Å². The van der Waals surface area contributed by atoms with E-state index >= 15 is 0 Å². The molecule has 0 aromatic heterocycles. The Kier molecular flexibility index (Phi) is 3.46. The molecule has 2 aliphatic heterocycles. The SMILES string of the molecule is CC1(C(=O)N2CCC(C#N)(c3ccccc3)CC2)COC1. The van der Waals surface area contributed by atoms with Crippen molar-refractivity contribution in [2.24, 2.45) is 5.41 Å². The average molecular weight is 284 g/mol. The van der Waals surface area contributed by atoms with Gasteiger partial charge < -0.3 is 9.64 Å². The maximum absolute atomic E-state index is 12.5. The molecule has 4 nitrogen and oxygen atoms in total. The Morgan fingerprint density at radius 1 is 1.24 bits per heavy atom. The number of nitriles is 1. The summed E-state index contributed by atoms with van der Waals surface area (Å²) in [4.78, 5) is 14.4. The minimum Gasteiger partial charge on any atom is -0.379 e. The molecule has 3 rings (SSSR count). The zero-order chi connectivity index (χ0) is 14.9. The maximum atomic E-state index is 12.5. The quantitative estimate of drug-likeness (QED) is 0.835. The molecule has 4 heteroatoms. The van der Waals surface area contributed by atoms with Crippen LogP contribution in [0.15, 0.2) is 30.3 Å². The van der Waals surface area contributed by atoms with Crippen molar-refractivity contribution in [1.82, 2.24) is 4.90 Å². The van der Waals surface area contributed by atoms with Crippen molar-refractivity contribution in [1.29, 1.82) is 5.26 Å². The molecule has 0 aliphatic carbocycles. The minimum atomic E-state index is -0.449. The lowest BCUT2D eigenvalue weighted by Crippen LogP contribution is -2.56. The lowest BCUT2D eigenvalue weighted by Gasteiger charge is -2.44. The second kappa shape index (κ2) is 5.16. The Labute approximate surface area is 125 Å². The highest BCUT2D eigenvalue weighted by Gasteiger charge is 2.46. The summed E-state index contributed by atoms with van der Waals surface area (Å²) in [5, 5.41) is 9.66. The Bertz CT molecular complexity index is 564. The van der Waals surface area contributed by atoms with Gasteiger partial charge in [0, 0.05) is 13.1 Å². The number of benzene rings is 1. The van der Waals surface area contributed by atoms with E-state index in [2.05, 4.69) is 6.07 Å². The molecule has 0 bridgehead atoms. The highest BCUT2D eigenvalue weighted by Crippen LogP contribution is 2.37. The molecule has 2 saturated heterocycles. The Hall–Kier alpha value is -1.86. The van der Waals surface area contributed by atoms with Gasteiger partial charge in [0.05, 0.1) is 30.1 Å². The van der Waals surface area contributed by atoms with Crippen molar-refractivity contribution < 1.29 is 9.53 Å². The zero-order valence-electron chi connectivity index (χ0n) is 12.3. The topological polar surface area (TPSA) is 53.3 Å². The molecule has 1 aromatic rings. The molecule has 0 N–H and O–H groups in total. The van der Waals surface area contributed by atoms with Crippen molar-refractivity contribution >= 4 is 5.91 Å². The number of ether oxygens (including phenoxy) is 1. The number of carbonyl (C=O) groups excluding carboxylic acids is 1. The van der Waals surface area contributed by atoms with Crippen LogP contribution in [0.4, 0.5) is 0 Å². The highest BCUT2D eigenvalue weighted by molar-refractivity contribution is 5.83. The van der Waals surface area contributed by atoms with Gasteiger partial charge in [-0.3, -0.25) is 4.79 Å². The van der Waals surface area contributed by atoms with Gasteiger partial charge in [0.15, 0.2) is 0 Å². The summed E-state index contributed by atoms with van der Waals surface area (Å²) in [6, 6.07) is 12.4. The van der Waals surface area contributed by atoms with Crippen molar-refractivity contribution in [2.45, 2.75) is 25.2 Å². The van der Waals surface area contributed by atoms with Crippen LogP contribution in [-0.2, 0) is 14.9 Å². The summed E-state index contributed by atoms with van der Waals surface area (Å²) < 4.78 is 5.18. The fourth-order valence-electron chi connectivity index (χ4n) is 3.23. The molecule has 21 heavy (non-hydrogen) atoms. The van der Waals surface area contributed by atoms with Crippen molar-refractivity contribution in [3.05, 3.63) is 35.9 Å². The van der Waals surface area contributed by atoms with Crippen molar-refractivity contribution in [3.63, 3.8) is 0 Å². The van der Waals surface area contributed by atoms with E-state index in [1.807, 2.05) is 42.2 Å². The van der Waals surface area contributed by atoms with Crippen LogP contribution in [0.3, 0.4) is 0 Å². The van der Waals surface area contributed by atoms with Crippen LogP contribution in [0.25, 0.3) is 0 Å². The molecule has 1 amide bonds. The van der Waals surface area contributed by atoms with Crippen LogP contribution in [0.5, 0.6) is 0 Å². The number of hydrogen-bond acceptors (Lipinski definition) is 3. The predicted molar refractivity (Wildman–Crippen MR) is 78.5 cm³/mol. The van der Waals surface area contributed by atoms with Gasteiger partial charge in [0.2, 0.25) is 5.91 Å². The van der Waals surface area contributed by atoms with Crippen molar-refractivity contribution in [2.75, 3.05) is 26.3 Å². The number of likely N-dealkylation sites (tertiary alicyclic amines) is 1. The summed E-state index contributed by atoms with van der Waals surface area (Å²) >= 11 is 0. The third-order valence-electron chi connectivity index (χ3n) is 4.80. The van der Waals surface area contributed by atoms with E-state index in [-0.39, 0.29) is 11.3 Å². The molecular formula is C17H20N2O2.